The Morgan fingerprint density at radius 1 is 1.23 bits per heavy atom. The lowest BCUT2D eigenvalue weighted by Gasteiger charge is -2.24. The highest BCUT2D eigenvalue weighted by Crippen LogP contribution is 2.34. The van der Waals surface area contributed by atoms with Gasteiger partial charge in [-0.15, -0.1) is 0 Å². The number of rotatable bonds is 1. The summed E-state index contributed by atoms with van der Waals surface area (Å²) in [6, 6.07) is 7.80. The molecule has 1 fully saturated rings. The van der Waals surface area contributed by atoms with E-state index in [9.17, 15) is 4.79 Å². The molecule has 0 saturated heterocycles. The molecule has 1 heteroatoms. The van der Waals surface area contributed by atoms with Gasteiger partial charge < -0.3 is 0 Å². The smallest absolute Gasteiger partial charge is 0.184 e. The first-order valence-electron chi connectivity index (χ1n) is 4.89. The fraction of sp³-hybridized carbons (Fsp3) is 0.417. The van der Waals surface area contributed by atoms with E-state index in [-0.39, 0.29) is 5.43 Å². The third-order valence-electron chi connectivity index (χ3n) is 2.90. The minimum atomic E-state index is 0.245. The van der Waals surface area contributed by atoms with E-state index in [0.717, 1.165) is 11.1 Å². The summed E-state index contributed by atoms with van der Waals surface area (Å²) in [5.74, 6) is 0.540. The van der Waals surface area contributed by atoms with Gasteiger partial charge in [0, 0.05) is 5.56 Å². The van der Waals surface area contributed by atoms with E-state index in [2.05, 4.69) is 0 Å². The number of hydrogen-bond donors (Lipinski definition) is 0. The van der Waals surface area contributed by atoms with Crippen molar-refractivity contribution in [1.82, 2.24) is 0 Å². The van der Waals surface area contributed by atoms with E-state index in [1.807, 2.05) is 31.2 Å². The van der Waals surface area contributed by atoms with Crippen LogP contribution in [0.2, 0.25) is 0 Å². The molecule has 0 N–H and O–H groups in total. The van der Waals surface area contributed by atoms with Crippen LogP contribution in [0.25, 0.3) is 0 Å². The predicted octanol–water partition coefficient (Wildman–Crippen LogP) is 2.62. The van der Waals surface area contributed by atoms with Gasteiger partial charge in [-0.3, -0.25) is 4.79 Å². The van der Waals surface area contributed by atoms with Gasteiger partial charge in [-0.05, 0) is 31.2 Å². The van der Waals surface area contributed by atoms with Crippen molar-refractivity contribution in [3.63, 3.8) is 0 Å². The summed E-state index contributed by atoms with van der Waals surface area (Å²) < 4.78 is 0. The van der Waals surface area contributed by atoms with Crippen molar-refractivity contribution in [3.8, 4) is 0 Å². The van der Waals surface area contributed by atoms with Gasteiger partial charge >= 0.3 is 0 Å². The molecule has 1 aromatic carbocycles. The third-order valence-corrected chi connectivity index (χ3v) is 2.90. The first-order chi connectivity index (χ1) is 6.29. The Bertz CT molecular complexity index is 364. The highest BCUT2D eigenvalue weighted by atomic mass is 16.1. The summed E-state index contributed by atoms with van der Waals surface area (Å²) in [6.07, 6.45) is 3.67. The topological polar surface area (TPSA) is 17.1 Å². The van der Waals surface area contributed by atoms with Gasteiger partial charge in [0.25, 0.3) is 0 Å². The molecule has 0 heterocycles. The number of aryl methyl sites for hydroxylation is 1. The second-order valence-electron chi connectivity index (χ2n) is 3.81. The molecule has 1 aliphatic rings. The molecule has 0 radical (unpaired) electrons. The zero-order chi connectivity index (χ0) is 9.26. The van der Waals surface area contributed by atoms with E-state index < -0.39 is 0 Å². The van der Waals surface area contributed by atoms with Gasteiger partial charge in [0.1, 0.15) is 0 Å². The molecule has 0 bridgehead atoms. The van der Waals surface area contributed by atoms with Gasteiger partial charge in [-0.25, -0.2) is 0 Å². The lowest BCUT2D eigenvalue weighted by atomic mass is 9.80. The van der Waals surface area contributed by atoms with E-state index in [1.54, 1.807) is 0 Å². The molecule has 0 aromatic heterocycles. The lowest BCUT2D eigenvalue weighted by molar-refractivity contribution is 0.418. The molecule has 0 unspecified atom stereocenters. The van der Waals surface area contributed by atoms with Gasteiger partial charge in [-0.1, -0.05) is 30.7 Å². The average Bonchev–Trinajstić information content (AvgIpc) is 2.17. The summed E-state index contributed by atoms with van der Waals surface area (Å²) in [6.45, 7) is 1.89. The molecular weight excluding hydrogens is 160 g/mol. The van der Waals surface area contributed by atoms with Crippen LogP contribution in [0.5, 0.6) is 0 Å². The van der Waals surface area contributed by atoms with Gasteiger partial charge in [-0.2, -0.15) is 0 Å². The molecule has 1 aromatic rings. The van der Waals surface area contributed by atoms with Crippen LogP contribution in [0.3, 0.4) is 0 Å². The van der Waals surface area contributed by atoms with Crippen molar-refractivity contribution in [1.29, 1.82) is 0 Å². The molecule has 68 valence electrons. The summed E-state index contributed by atoms with van der Waals surface area (Å²) in [7, 11) is 0. The minimum Gasteiger partial charge on any atom is -0.289 e. The minimum absolute atomic E-state index is 0.245. The van der Waals surface area contributed by atoms with Crippen LogP contribution in [0.1, 0.15) is 36.3 Å². The number of hydrogen-bond acceptors (Lipinski definition) is 1. The van der Waals surface area contributed by atoms with Crippen molar-refractivity contribution in [2.24, 2.45) is 0 Å². The summed E-state index contributed by atoms with van der Waals surface area (Å²) >= 11 is 0. The zero-order valence-corrected chi connectivity index (χ0v) is 7.92. The maximum atomic E-state index is 11.8. The second-order valence-corrected chi connectivity index (χ2v) is 3.81. The average molecular weight is 174 g/mol. The van der Waals surface area contributed by atoms with E-state index in [1.165, 1.54) is 19.3 Å². The lowest BCUT2D eigenvalue weighted by Crippen LogP contribution is -2.18. The second kappa shape index (κ2) is 3.33. The highest BCUT2D eigenvalue weighted by Gasteiger charge is 2.21. The molecular formula is C12H14O. The monoisotopic (exact) mass is 174 g/mol. The van der Waals surface area contributed by atoms with E-state index in [4.69, 9.17) is 0 Å². The predicted molar refractivity (Wildman–Crippen MR) is 54.0 cm³/mol. The zero-order valence-electron chi connectivity index (χ0n) is 7.92. The Kier molecular flexibility index (Phi) is 2.17. The molecule has 0 aliphatic heterocycles. The molecule has 1 nitrogen and oxygen atoms in total. The highest BCUT2D eigenvalue weighted by molar-refractivity contribution is 5.25. The summed E-state index contributed by atoms with van der Waals surface area (Å²) in [4.78, 5) is 11.8. The fourth-order valence-electron chi connectivity index (χ4n) is 1.78. The van der Waals surface area contributed by atoms with Crippen molar-refractivity contribution in [2.75, 3.05) is 0 Å². The molecule has 1 saturated carbocycles. The van der Waals surface area contributed by atoms with Gasteiger partial charge in [0.15, 0.2) is 5.43 Å². The fourth-order valence-corrected chi connectivity index (χ4v) is 1.78. The van der Waals surface area contributed by atoms with Crippen molar-refractivity contribution < 1.29 is 0 Å². The Hall–Kier alpha value is -1.11. The normalized spacial score (nSPS) is 16.7. The Morgan fingerprint density at radius 2 is 1.92 bits per heavy atom. The Labute approximate surface area is 78.4 Å². The first kappa shape index (κ1) is 8.49. The maximum Gasteiger partial charge on any atom is 0.184 e. The Balaban J connectivity index is 2.51. The molecule has 0 spiro atoms. The molecule has 1 aliphatic carbocycles. The van der Waals surface area contributed by atoms with Crippen LogP contribution in [-0.2, 0) is 0 Å². The van der Waals surface area contributed by atoms with Crippen LogP contribution in [-0.4, -0.2) is 0 Å². The quantitative estimate of drug-likeness (QED) is 0.639. The summed E-state index contributed by atoms with van der Waals surface area (Å²) in [5.41, 5.74) is 2.13. The first-order valence-corrected chi connectivity index (χ1v) is 4.89. The van der Waals surface area contributed by atoms with Crippen LogP contribution in [0.15, 0.2) is 29.1 Å². The van der Waals surface area contributed by atoms with Crippen LogP contribution >= 0.6 is 0 Å². The SMILES string of the molecule is Cc1ccccc(C2CCC2)c1=O. The van der Waals surface area contributed by atoms with Crippen molar-refractivity contribution >= 4 is 0 Å². The third kappa shape index (κ3) is 1.51. The largest absolute Gasteiger partial charge is 0.289 e. The van der Waals surface area contributed by atoms with E-state index in [0.29, 0.717) is 5.92 Å². The molecule has 2 rings (SSSR count). The molecule has 0 atom stereocenters. The van der Waals surface area contributed by atoms with Gasteiger partial charge in [0.05, 0.1) is 0 Å². The maximum absolute atomic E-state index is 11.8. The van der Waals surface area contributed by atoms with Crippen molar-refractivity contribution in [3.05, 3.63) is 45.6 Å². The molecule has 13 heavy (non-hydrogen) atoms. The van der Waals surface area contributed by atoms with Gasteiger partial charge in [0.2, 0.25) is 0 Å². The summed E-state index contributed by atoms with van der Waals surface area (Å²) in [5, 5.41) is 0. The van der Waals surface area contributed by atoms with E-state index >= 15 is 0 Å². The molecule has 0 amide bonds. The van der Waals surface area contributed by atoms with Crippen LogP contribution < -0.4 is 5.43 Å². The Morgan fingerprint density at radius 3 is 2.54 bits per heavy atom. The van der Waals surface area contributed by atoms with Crippen LogP contribution in [0, 0.1) is 6.92 Å². The van der Waals surface area contributed by atoms with Crippen LogP contribution in [0.4, 0.5) is 0 Å². The van der Waals surface area contributed by atoms with Crippen molar-refractivity contribution in [2.45, 2.75) is 32.1 Å². The standard InChI is InChI=1S/C12H14O/c1-9-5-2-3-8-11(12(9)13)10-6-4-7-10/h2-3,5,8,10H,4,6-7H2,1H3.